The lowest BCUT2D eigenvalue weighted by atomic mass is 9.97. The first-order valence-electron chi connectivity index (χ1n) is 14.5. The Kier molecular flexibility index (Phi) is 8.85. The highest BCUT2D eigenvalue weighted by atomic mass is 19.4. The molecule has 0 unspecified atom stereocenters. The summed E-state index contributed by atoms with van der Waals surface area (Å²) in [6, 6.07) is 24.9. The molecule has 0 bridgehead atoms. The lowest BCUT2D eigenvalue weighted by Gasteiger charge is -2.26. The topological polar surface area (TPSA) is 69.7 Å². The number of halogens is 3. The second-order valence-corrected chi connectivity index (χ2v) is 10.5. The van der Waals surface area contributed by atoms with Crippen molar-refractivity contribution in [3.05, 3.63) is 125 Å². The molecule has 0 fully saturated rings. The summed E-state index contributed by atoms with van der Waals surface area (Å²) in [7, 11) is 0. The average Bonchev–Trinajstić information content (AvgIpc) is 3.47. The van der Waals surface area contributed by atoms with Crippen molar-refractivity contribution in [2.45, 2.75) is 32.5 Å². The van der Waals surface area contributed by atoms with E-state index >= 15 is 0 Å². The monoisotopic (exact) mass is 599 g/mol. The molecule has 1 N–H and O–H groups in total. The van der Waals surface area contributed by atoms with Gasteiger partial charge in [0.15, 0.2) is 0 Å². The van der Waals surface area contributed by atoms with Crippen molar-refractivity contribution in [2.24, 2.45) is 0 Å². The molecule has 5 rings (SSSR count). The number of alkyl halides is 3. The number of hydrogen-bond acceptors (Lipinski definition) is 3. The van der Waals surface area contributed by atoms with E-state index in [0.29, 0.717) is 59.6 Å². The van der Waals surface area contributed by atoms with E-state index in [-0.39, 0.29) is 11.8 Å². The zero-order chi connectivity index (χ0) is 31.4. The molecule has 44 heavy (non-hydrogen) atoms. The molecule has 4 aromatic rings. The lowest BCUT2D eigenvalue weighted by molar-refractivity contribution is -0.137. The van der Waals surface area contributed by atoms with Crippen LogP contribution >= 0.6 is 0 Å². The first-order chi connectivity index (χ1) is 21.1. The molecular weight excluding hydrogens is 567 g/mol. The number of rotatable bonds is 8. The van der Waals surface area contributed by atoms with Gasteiger partial charge in [-0.2, -0.15) is 13.2 Å². The van der Waals surface area contributed by atoms with Crippen molar-refractivity contribution < 1.29 is 27.6 Å². The van der Waals surface area contributed by atoms with Gasteiger partial charge in [-0.3, -0.25) is 14.4 Å². The Labute approximate surface area is 254 Å². The number of nitrogens with one attached hydrogen (secondary N) is 1. The number of amides is 3. The third-order valence-corrected chi connectivity index (χ3v) is 7.89. The highest BCUT2D eigenvalue weighted by Gasteiger charge is 2.32. The molecule has 1 atom stereocenters. The number of hydrogen-bond donors (Lipinski definition) is 1. The van der Waals surface area contributed by atoms with Crippen molar-refractivity contribution in [2.75, 3.05) is 24.5 Å². The number of carbonyl (C=O) groups is 3. The third kappa shape index (κ3) is 6.22. The third-order valence-electron chi connectivity index (χ3n) is 7.89. The molecular formula is C35H32F3N3O3. The maximum absolute atomic E-state index is 13.8. The Hall–Kier alpha value is -4.92. The van der Waals surface area contributed by atoms with E-state index in [2.05, 4.69) is 5.32 Å². The van der Waals surface area contributed by atoms with Crippen molar-refractivity contribution in [3.8, 4) is 11.1 Å². The Balaban J connectivity index is 1.38. The van der Waals surface area contributed by atoms with Crippen LogP contribution < -0.4 is 10.2 Å². The molecule has 0 aliphatic carbocycles. The van der Waals surface area contributed by atoms with Crippen LogP contribution in [0.5, 0.6) is 0 Å². The molecule has 0 radical (unpaired) electrons. The van der Waals surface area contributed by atoms with Gasteiger partial charge in [0.05, 0.1) is 5.56 Å². The molecule has 1 aliphatic heterocycles. The van der Waals surface area contributed by atoms with Crippen LogP contribution in [0.2, 0.25) is 0 Å². The number of fused-ring (bicyclic) bond motifs is 1. The maximum Gasteiger partial charge on any atom is 0.416 e. The van der Waals surface area contributed by atoms with Crippen LogP contribution in [-0.2, 0) is 17.4 Å². The van der Waals surface area contributed by atoms with E-state index in [4.69, 9.17) is 0 Å². The Morgan fingerprint density at radius 3 is 2.18 bits per heavy atom. The second kappa shape index (κ2) is 12.8. The van der Waals surface area contributed by atoms with Crippen LogP contribution in [-0.4, -0.2) is 42.3 Å². The fourth-order valence-electron chi connectivity index (χ4n) is 5.52. The fraction of sp³-hybridized carbons (Fsp3) is 0.229. The SMILES string of the molecule is CCN(CC)C(=O)[C@@H](NC(=O)c1ccc2c(c1)CCN2C(=O)c1ccccc1-c1ccc(C(F)(F)F)cc1)c1ccccc1. The molecule has 1 aliphatic rings. The average molecular weight is 600 g/mol. The van der Waals surface area contributed by atoms with E-state index in [1.165, 1.54) is 12.1 Å². The largest absolute Gasteiger partial charge is 0.416 e. The molecule has 3 amide bonds. The molecule has 0 saturated carbocycles. The van der Waals surface area contributed by atoms with Gasteiger partial charge in [0.2, 0.25) is 5.91 Å². The van der Waals surface area contributed by atoms with Gasteiger partial charge in [-0.05, 0) is 78.9 Å². The van der Waals surface area contributed by atoms with Gasteiger partial charge in [0.1, 0.15) is 6.04 Å². The smallest absolute Gasteiger partial charge is 0.341 e. The maximum atomic E-state index is 13.8. The Bertz CT molecular complexity index is 1670. The minimum Gasteiger partial charge on any atom is -0.341 e. The number of benzene rings is 4. The van der Waals surface area contributed by atoms with Crippen LogP contribution in [0, 0.1) is 0 Å². The summed E-state index contributed by atoms with van der Waals surface area (Å²) in [5.74, 6) is -0.885. The van der Waals surface area contributed by atoms with Gasteiger partial charge >= 0.3 is 6.18 Å². The van der Waals surface area contributed by atoms with Crippen LogP contribution in [0.25, 0.3) is 11.1 Å². The zero-order valence-corrected chi connectivity index (χ0v) is 24.4. The van der Waals surface area contributed by atoms with Gasteiger partial charge < -0.3 is 15.1 Å². The van der Waals surface area contributed by atoms with E-state index in [1.807, 2.05) is 32.0 Å². The number of likely N-dealkylation sites (N-methyl/N-ethyl adjacent to an activating group) is 1. The van der Waals surface area contributed by atoms with Crippen molar-refractivity contribution in [1.29, 1.82) is 0 Å². The highest BCUT2D eigenvalue weighted by molar-refractivity contribution is 6.11. The molecule has 0 aromatic heterocycles. The van der Waals surface area contributed by atoms with Gasteiger partial charge in [0.25, 0.3) is 11.8 Å². The van der Waals surface area contributed by atoms with Gasteiger partial charge in [0, 0.05) is 36.4 Å². The van der Waals surface area contributed by atoms with Crippen molar-refractivity contribution in [1.82, 2.24) is 10.2 Å². The molecule has 4 aromatic carbocycles. The Morgan fingerprint density at radius 2 is 1.52 bits per heavy atom. The molecule has 0 spiro atoms. The minimum absolute atomic E-state index is 0.195. The van der Waals surface area contributed by atoms with Crippen LogP contribution in [0.3, 0.4) is 0 Å². The fourth-order valence-corrected chi connectivity index (χ4v) is 5.52. The Morgan fingerprint density at radius 1 is 0.864 bits per heavy atom. The summed E-state index contributed by atoms with van der Waals surface area (Å²) < 4.78 is 39.3. The summed E-state index contributed by atoms with van der Waals surface area (Å²) >= 11 is 0. The van der Waals surface area contributed by atoms with Gasteiger partial charge in [-0.15, -0.1) is 0 Å². The standard InChI is InChI=1S/C35H32F3N3O3/c1-3-40(4-2)34(44)31(24-10-6-5-7-11-24)39-32(42)26-16-19-30-25(22-26)20-21-41(30)33(43)29-13-9-8-12-28(29)23-14-17-27(18-15-23)35(36,37)38/h5-19,22,31H,3-4,20-21H2,1-2H3,(H,39,42)/t31-/m0/s1. The van der Waals surface area contributed by atoms with Crippen molar-refractivity contribution >= 4 is 23.4 Å². The first-order valence-corrected chi connectivity index (χ1v) is 14.5. The predicted octanol–water partition coefficient (Wildman–Crippen LogP) is 6.91. The molecule has 0 saturated heterocycles. The van der Waals surface area contributed by atoms with E-state index in [0.717, 1.165) is 17.7 Å². The predicted molar refractivity (Wildman–Crippen MR) is 163 cm³/mol. The van der Waals surface area contributed by atoms with Crippen molar-refractivity contribution in [3.63, 3.8) is 0 Å². The van der Waals surface area contributed by atoms with E-state index < -0.39 is 23.7 Å². The quantitative estimate of drug-likeness (QED) is 0.239. The molecule has 226 valence electrons. The number of anilines is 1. The molecule has 6 nitrogen and oxygen atoms in total. The summed E-state index contributed by atoms with van der Waals surface area (Å²) in [6.07, 6.45) is -3.93. The van der Waals surface area contributed by atoms with Gasteiger partial charge in [-0.1, -0.05) is 60.7 Å². The van der Waals surface area contributed by atoms with Crippen LogP contribution in [0.4, 0.5) is 18.9 Å². The minimum atomic E-state index is -4.45. The second-order valence-electron chi connectivity index (χ2n) is 10.5. The van der Waals surface area contributed by atoms with E-state index in [1.54, 1.807) is 64.4 Å². The summed E-state index contributed by atoms with van der Waals surface area (Å²) in [5, 5.41) is 2.91. The first kappa shape index (κ1) is 30.5. The van der Waals surface area contributed by atoms with Crippen LogP contribution in [0.1, 0.15) is 57.3 Å². The highest BCUT2D eigenvalue weighted by Crippen LogP contribution is 2.35. The normalized spacial score (nSPS) is 13.2. The number of nitrogens with zero attached hydrogens (tertiary/aromatic N) is 2. The summed E-state index contributed by atoms with van der Waals surface area (Å²) in [5.41, 5.74) is 3.16. The van der Waals surface area contributed by atoms with Crippen LogP contribution in [0.15, 0.2) is 97.1 Å². The van der Waals surface area contributed by atoms with E-state index in [9.17, 15) is 27.6 Å². The summed E-state index contributed by atoms with van der Waals surface area (Å²) in [4.78, 5) is 43.8. The summed E-state index contributed by atoms with van der Waals surface area (Å²) in [6.45, 7) is 5.19. The van der Waals surface area contributed by atoms with Gasteiger partial charge in [-0.25, -0.2) is 0 Å². The molecule has 9 heteroatoms. The lowest BCUT2D eigenvalue weighted by Crippen LogP contribution is -2.42. The molecule has 1 heterocycles. The number of carbonyl (C=O) groups excluding carboxylic acids is 3. The zero-order valence-electron chi connectivity index (χ0n) is 24.4.